The first-order chi connectivity index (χ1) is 9.04. The first-order valence-electron chi connectivity index (χ1n) is 6.72. The third kappa shape index (κ3) is 2.73. The van der Waals surface area contributed by atoms with E-state index in [1.807, 2.05) is 30.0 Å². The van der Waals surface area contributed by atoms with Gasteiger partial charge in [-0.15, -0.1) is 0 Å². The van der Waals surface area contributed by atoms with E-state index in [0.29, 0.717) is 11.3 Å². The van der Waals surface area contributed by atoms with Crippen molar-refractivity contribution < 1.29 is 9.53 Å². The van der Waals surface area contributed by atoms with Crippen LogP contribution in [-0.4, -0.2) is 43.1 Å². The minimum atomic E-state index is 0.0575. The summed E-state index contributed by atoms with van der Waals surface area (Å²) in [7, 11) is 1.60. The van der Waals surface area contributed by atoms with E-state index in [0.717, 1.165) is 18.7 Å². The third-order valence-electron chi connectivity index (χ3n) is 3.65. The van der Waals surface area contributed by atoms with E-state index in [4.69, 9.17) is 4.74 Å². The molecule has 0 bridgehead atoms. The van der Waals surface area contributed by atoms with E-state index >= 15 is 0 Å². The third-order valence-corrected chi connectivity index (χ3v) is 3.65. The van der Waals surface area contributed by atoms with E-state index in [1.165, 1.54) is 0 Å². The number of ether oxygens (including phenoxy) is 1. The number of nitrogens with zero attached hydrogens (tertiary/aromatic N) is 1. The zero-order valence-corrected chi connectivity index (χ0v) is 12.1. The number of hydrogen-bond donors (Lipinski definition) is 1. The second-order valence-electron chi connectivity index (χ2n) is 5.27. The molecule has 1 aliphatic rings. The highest BCUT2D eigenvalue weighted by Crippen LogP contribution is 2.24. The normalized spacial score (nSPS) is 23.3. The number of benzene rings is 1. The van der Waals surface area contributed by atoms with Gasteiger partial charge in [-0.1, -0.05) is 11.6 Å². The van der Waals surface area contributed by atoms with Crippen molar-refractivity contribution in [2.45, 2.75) is 32.9 Å². The molecule has 104 valence electrons. The van der Waals surface area contributed by atoms with Crippen molar-refractivity contribution in [1.29, 1.82) is 0 Å². The van der Waals surface area contributed by atoms with Gasteiger partial charge in [0.1, 0.15) is 5.75 Å². The molecule has 2 atom stereocenters. The molecule has 1 heterocycles. The number of aryl methyl sites for hydroxylation is 1. The van der Waals surface area contributed by atoms with E-state index in [9.17, 15) is 4.79 Å². The zero-order valence-electron chi connectivity index (χ0n) is 12.1. The average Bonchev–Trinajstić information content (AvgIpc) is 2.38. The Labute approximate surface area is 114 Å². The Balaban J connectivity index is 2.35. The molecule has 4 nitrogen and oxygen atoms in total. The molecule has 1 saturated heterocycles. The molecule has 4 heteroatoms. The van der Waals surface area contributed by atoms with Crippen LogP contribution in [0.25, 0.3) is 0 Å². The van der Waals surface area contributed by atoms with Crippen LogP contribution in [0.3, 0.4) is 0 Å². The van der Waals surface area contributed by atoms with Gasteiger partial charge in [-0.05, 0) is 32.9 Å². The lowest BCUT2D eigenvalue weighted by Crippen LogP contribution is -2.57. The molecule has 2 unspecified atom stereocenters. The molecular formula is C15H22N2O2. The lowest BCUT2D eigenvalue weighted by molar-refractivity contribution is 0.0541. The number of hydrogen-bond acceptors (Lipinski definition) is 3. The fourth-order valence-electron chi connectivity index (χ4n) is 2.66. The van der Waals surface area contributed by atoms with Crippen molar-refractivity contribution in [3.05, 3.63) is 29.3 Å². The molecular weight excluding hydrogens is 240 g/mol. The summed E-state index contributed by atoms with van der Waals surface area (Å²) in [6, 6.07) is 6.12. The van der Waals surface area contributed by atoms with Gasteiger partial charge in [0.15, 0.2) is 0 Å². The minimum Gasteiger partial charge on any atom is -0.496 e. The minimum absolute atomic E-state index is 0.0575. The molecule has 1 aromatic rings. The highest BCUT2D eigenvalue weighted by molar-refractivity contribution is 5.97. The zero-order chi connectivity index (χ0) is 14.0. The summed E-state index contributed by atoms with van der Waals surface area (Å²) < 4.78 is 5.32. The number of amides is 1. The van der Waals surface area contributed by atoms with Crippen LogP contribution in [0.5, 0.6) is 5.75 Å². The molecule has 0 spiro atoms. The van der Waals surface area contributed by atoms with Crippen LogP contribution in [0.15, 0.2) is 18.2 Å². The van der Waals surface area contributed by atoms with E-state index < -0.39 is 0 Å². The quantitative estimate of drug-likeness (QED) is 0.884. The molecule has 0 saturated carbocycles. The van der Waals surface area contributed by atoms with Gasteiger partial charge in [0.05, 0.1) is 12.7 Å². The smallest absolute Gasteiger partial charge is 0.258 e. The highest BCUT2D eigenvalue weighted by Gasteiger charge is 2.30. The van der Waals surface area contributed by atoms with Crippen LogP contribution < -0.4 is 10.1 Å². The van der Waals surface area contributed by atoms with Gasteiger partial charge in [-0.3, -0.25) is 4.79 Å². The van der Waals surface area contributed by atoms with Crippen LogP contribution in [-0.2, 0) is 0 Å². The predicted molar refractivity (Wildman–Crippen MR) is 75.7 cm³/mol. The summed E-state index contributed by atoms with van der Waals surface area (Å²) in [5.74, 6) is 0.704. The van der Waals surface area contributed by atoms with Gasteiger partial charge in [0.2, 0.25) is 0 Å². The van der Waals surface area contributed by atoms with Crippen LogP contribution in [0.2, 0.25) is 0 Å². The van der Waals surface area contributed by atoms with Crippen molar-refractivity contribution in [2.24, 2.45) is 0 Å². The molecule has 1 fully saturated rings. The number of carbonyl (C=O) groups is 1. The van der Waals surface area contributed by atoms with Crippen LogP contribution in [0.4, 0.5) is 0 Å². The van der Waals surface area contributed by atoms with Gasteiger partial charge in [-0.25, -0.2) is 0 Å². The lowest BCUT2D eigenvalue weighted by atomic mass is 10.0. The predicted octanol–water partition coefficient (Wildman–Crippen LogP) is 1.83. The largest absolute Gasteiger partial charge is 0.496 e. The topological polar surface area (TPSA) is 41.6 Å². The van der Waals surface area contributed by atoms with E-state index in [2.05, 4.69) is 19.2 Å². The second kappa shape index (κ2) is 5.61. The maximum atomic E-state index is 12.8. The molecule has 1 aliphatic heterocycles. The number of methoxy groups -OCH3 is 1. The van der Waals surface area contributed by atoms with E-state index in [1.54, 1.807) is 7.11 Å². The number of piperazine rings is 1. The van der Waals surface area contributed by atoms with Crippen molar-refractivity contribution in [3.63, 3.8) is 0 Å². The fourth-order valence-corrected chi connectivity index (χ4v) is 2.66. The molecule has 0 aromatic heterocycles. The van der Waals surface area contributed by atoms with Crippen LogP contribution >= 0.6 is 0 Å². The summed E-state index contributed by atoms with van der Waals surface area (Å²) in [4.78, 5) is 14.7. The average molecular weight is 262 g/mol. The summed E-state index contributed by atoms with van der Waals surface area (Å²) in [6.45, 7) is 7.81. The Morgan fingerprint density at radius 3 is 2.53 bits per heavy atom. The SMILES string of the molecule is COc1ccc(C)cc1C(=O)N1C(C)CNCC1C. The summed E-state index contributed by atoms with van der Waals surface area (Å²) in [5, 5.41) is 3.34. The molecule has 0 aliphatic carbocycles. The maximum absolute atomic E-state index is 12.8. The molecule has 2 rings (SSSR count). The number of carbonyl (C=O) groups excluding carboxylic acids is 1. The lowest BCUT2D eigenvalue weighted by Gasteiger charge is -2.39. The maximum Gasteiger partial charge on any atom is 0.258 e. The molecule has 1 aromatic carbocycles. The van der Waals surface area contributed by atoms with Crippen LogP contribution in [0, 0.1) is 6.92 Å². The number of nitrogens with one attached hydrogen (secondary N) is 1. The Morgan fingerprint density at radius 2 is 1.95 bits per heavy atom. The highest BCUT2D eigenvalue weighted by atomic mass is 16.5. The van der Waals surface area contributed by atoms with Crippen molar-refractivity contribution in [1.82, 2.24) is 10.2 Å². The van der Waals surface area contributed by atoms with Gasteiger partial charge >= 0.3 is 0 Å². The standard InChI is InChI=1S/C15H22N2O2/c1-10-5-6-14(19-4)13(7-10)15(18)17-11(2)8-16-9-12(17)3/h5-7,11-12,16H,8-9H2,1-4H3. The monoisotopic (exact) mass is 262 g/mol. The summed E-state index contributed by atoms with van der Waals surface area (Å²) >= 11 is 0. The molecule has 1 N–H and O–H groups in total. The first-order valence-corrected chi connectivity index (χ1v) is 6.72. The fraction of sp³-hybridized carbons (Fsp3) is 0.533. The molecule has 1 amide bonds. The Hall–Kier alpha value is -1.55. The van der Waals surface area contributed by atoms with Crippen molar-refractivity contribution in [3.8, 4) is 5.75 Å². The summed E-state index contributed by atoms with van der Waals surface area (Å²) in [5.41, 5.74) is 1.72. The molecule has 19 heavy (non-hydrogen) atoms. The number of rotatable bonds is 2. The van der Waals surface area contributed by atoms with Crippen molar-refractivity contribution in [2.75, 3.05) is 20.2 Å². The van der Waals surface area contributed by atoms with Gasteiger partial charge in [0, 0.05) is 25.2 Å². The summed E-state index contributed by atoms with van der Waals surface area (Å²) in [6.07, 6.45) is 0. The van der Waals surface area contributed by atoms with Gasteiger partial charge in [0.25, 0.3) is 5.91 Å². The van der Waals surface area contributed by atoms with Crippen molar-refractivity contribution >= 4 is 5.91 Å². The Bertz CT molecular complexity index is 463. The Kier molecular flexibility index (Phi) is 4.10. The van der Waals surface area contributed by atoms with E-state index in [-0.39, 0.29) is 18.0 Å². The van der Waals surface area contributed by atoms with Crippen LogP contribution in [0.1, 0.15) is 29.8 Å². The second-order valence-corrected chi connectivity index (χ2v) is 5.27. The van der Waals surface area contributed by atoms with Gasteiger partial charge < -0.3 is 15.0 Å². The molecule has 0 radical (unpaired) electrons. The Morgan fingerprint density at radius 1 is 1.32 bits per heavy atom. The van der Waals surface area contributed by atoms with Gasteiger partial charge in [-0.2, -0.15) is 0 Å². The first kappa shape index (κ1) is 13.9.